The molecule has 3 heterocycles. The van der Waals surface area contributed by atoms with Gasteiger partial charge in [0.05, 0.1) is 11.2 Å². The van der Waals surface area contributed by atoms with Gasteiger partial charge in [-0.2, -0.15) is 5.10 Å². The predicted octanol–water partition coefficient (Wildman–Crippen LogP) is 4.79. The number of aryl methyl sites for hydroxylation is 1. The number of hydrogen-bond acceptors (Lipinski definition) is 4. The zero-order valence-electron chi connectivity index (χ0n) is 18.3. The first-order chi connectivity index (χ1) is 16.2. The Morgan fingerprint density at radius 1 is 0.879 bits per heavy atom. The summed E-state index contributed by atoms with van der Waals surface area (Å²) >= 11 is 0. The van der Waals surface area contributed by atoms with Crippen molar-refractivity contribution in [2.24, 2.45) is 0 Å². The third kappa shape index (κ3) is 4.36. The highest BCUT2D eigenvalue weighted by Crippen LogP contribution is 2.34. The summed E-state index contributed by atoms with van der Waals surface area (Å²) < 4.78 is 1.68. The molecule has 0 unspecified atom stereocenters. The summed E-state index contributed by atoms with van der Waals surface area (Å²) in [5.41, 5.74) is 6.58. The van der Waals surface area contributed by atoms with Crippen molar-refractivity contribution in [2.75, 3.05) is 0 Å². The molecule has 1 amide bonds. The van der Waals surface area contributed by atoms with Crippen LogP contribution in [0.4, 0.5) is 0 Å². The first-order valence-electron chi connectivity index (χ1n) is 10.8. The van der Waals surface area contributed by atoms with Crippen LogP contribution in [0.1, 0.15) is 11.1 Å². The van der Waals surface area contributed by atoms with Crippen molar-refractivity contribution >= 4 is 16.8 Å². The van der Waals surface area contributed by atoms with Crippen LogP contribution in [0.3, 0.4) is 0 Å². The van der Waals surface area contributed by atoms with E-state index in [0.717, 1.165) is 44.5 Å². The SMILES string of the molecule is Cc1ccccc1CNC(=O)Cn1cc(-c2ccnc3ccccc23)c(-c2ccccn2)n1. The lowest BCUT2D eigenvalue weighted by Gasteiger charge is -2.08. The third-order valence-corrected chi connectivity index (χ3v) is 5.65. The quantitative estimate of drug-likeness (QED) is 0.418. The molecule has 0 atom stereocenters. The van der Waals surface area contributed by atoms with Gasteiger partial charge in [0.1, 0.15) is 12.2 Å². The van der Waals surface area contributed by atoms with Crippen molar-refractivity contribution in [3.8, 4) is 22.5 Å². The molecule has 6 heteroatoms. The number of carbonyl (C=O) groups is 1. The second-order valence-corrected chi connectivity index (χ2v) is 7.88. The normalized spacial score (nSPS) is 10.9. The van der Waals surface area contributed by atoms with Gasteiger partial charge < -0.3 is 5.32 Å². The topological polar surface area (TPSA) is 72.7 Å². The Balaban J connectivity index is 1.48. The molecule has 0 spiro atoms. The average Bonchev–Trinajstić information content (AvgIpc) is 3.27. The number of nitrogens with zero attached hydrogens (tertiary/aromatic N) is 4. The second kappa shape index (κ2) is 9.04. The van der Waals surface area contributed by atoms with Gasteiger partial charge in [-0.05, 0) is 47.9 Å². The summed E-state index contributed by atoms with van der Waals surface area (Å²) in [5, 5.41) is 8.78. The first kappa shape index (κ1) is 20.6. The van der Waals surface area contributed by atoms with Crippen LogP contribution in [-0.2, 0) is 17.9 Å². The smallest absolute Gasteiger partial charge is 0.241 e. The number of rotatable bonds is 6. The lowest BCUT2D eigenvalue weighted by molar-refractivity contribution is -0.122. The lowest BCUT2D eigenvalue weighted by Crippen LogP contribution is -2.27. The lowest BCUT2D eigenvalue weighted by atomic mass is 10.0. The van der Waals surface area contributed by atoms with Crippen molar-refractivity contribution in [2.45, 2.75) is 20.0 Å². The van der Waals surface area contributed by atoms with Gasteiger partial charge in [-0.3, -0.25) is 19.4 Å². The van der Waals surface area contributed by atoms with Crippen molar-refractivity contribution in [3.05, 3.63) is 103 Å². The maximum Gasteiger partial charge on any atom is 0.241 e. The molecule has 3 aromatic heterocycles. The summed E-state index contributed by atoms with van der Waals surface area (Å²) in [6.07, 6.45) is 5.46. The van der Waals surface area contributed by atoms with Crippen molar-refractivity contribution in [3.63, 3.8) is 0 Å². The molecule has 0 fully saturated rings. The highest BCUT2D eigenvalue weighted by Gasteiger charge is 2.17. The molecule has 0 saturated heterocycles. The number of carbonyl (C=O) groups excluding carboxylic acids is 1. The molecule has 0 saturated carbocycles. The molecule has 0 bridgehead atoms. The molecule has 6 nitrogen and oxygen atoms in total. The summed E-state index contributed by atoms with van der Waals surface area (Å²) in [6.45, 7) is 2.65. The number of para-hydroxylation sites is 1. The van der Waals surface area contributed by atoms with Crippen molar-refractivity contribution < 1.29 is 4.79 Å². The van der Waals surface area contributed by atoms with E-state index in [1.165, 1.54) is 0 Å². The van der Waals surface area contributed by atoms with E-state index < -0.39 is 0 Å². The second-order valence-electron chi connectivity index (χ2n) is 7.88. The van der Waals surface area contributed by atoms with Gasteiger partial charge in [0.25, 0.3) is 0 Å². The van der Waals surface area contributed by atoms with Crippen molar-refractivity contribution in [1.29, 1.82) is 0 Å². The summed E-state index contributed by atoms with van der Waals surface area (Å²) in [5.74, 6) is -0.0977. The zero-order chi connectivity index (χ0) is 22.6. The number of nitrogens with one attached hydrogen (secondary N) is 1. The Morgan fingerprint density at radius 3 is 2.55 bits per heavy atom. The number of pyridine rings is 2. The van der Waals surface area contributed by atoms with Crippen LogP contribution < -0.4 is 5.32 Å². The maximum absolute atomic E-state index is 12.7. The molecule has 0 aliphatic carbocycles. The minimum Gasteiger partial charge on any atom is -0.350 e. The van der Waals surface area contributed by atoms with Gasteiger partial charge in [-0.1, -0.05) is 48.5 Å². The van der Waals surface area contributed by atoms with E-state index in [2.05, 4.69) is 15.3 Å². The van der Waals surface area contributed by atoms with E-state index in [9.17, 15) is 4.79 Å². The molecule has 5 aromatic rings. The standard InChI is InChI=1S/C27H23N5O/c1-19-8-2-3-9-20(19)16-30-26(33)18-32-17-23(27(31-32)25-12-6-7-14-28-25)21-13-15-29-24-11-5-4-10-22(21)24/h2-15,17H,16,18H2,1H3,(H,30,33). The monoisotopic (exact) mass is 433 g/mol. The number of benzene rings is 2. The van der Waals surface area contributed by atoms with Gasteiger partial charge in [0.15, 0.2) is 0 Å². The summed E-state index contributed by atoms with van der Waals surface area (Å²) in [7, 11) is 0. The van der Waals surface area contributed by atoms with Gasteiger partial charge >= 0.3 is 0 Å². The fourth-order valence-corrected chi connectivity index (χ4v) is 3.93. The van der Waals surface area contributed by atoms with E-state index in [1.807, 2.05) is 85.9 Å². The molecule has 162 valence electrons. The first-order valence-corrected chi connectivity index (χ1v) is 10.8. The molecule has 5 rings (SSSR count). The molecule has 33 heavy (non-hydrogen) atoms. The summed E-state index contributed by atoms with van der Waals surface area (Å²) in [4.78, 5) is 21.7. The van der Waals surface area contributed by atoms with Crippen LogP contribution in [0.2, 0.25) is 0 Å². The van der Waals surface area contributed by atoms with Gasteiger partial charge in [-0.15, -0.1) is 0 Å². The fourth-order valence-electron chi connectivity index (χ4n) is 3.93. The van der Waals surface area contributed by atoms with Crippen LogP contribution in [0.5, 0.6) is 0 Å². The fraction of sp³-hybridized carbons (Fsp3) is 0.111. The Bertz CT molecular complexity index is 1420. The van der Waals surface area contributed by atoms with Crippen LogP contribution in [-0.4, -0.2) is 25.7 Å². The molecule has 0 aliphatic rings. The maximum atomic E-state index is 12.7. The van der Waals surface area contributed by atoms with E-state index in [4.69, 9.17) is 5.10 Å². The molecule has 0 aliphatic heterocycles. The number of fused-ring (bicyclic) bond motifs is 1. The minimum atomic E-state index is -0.0977. The van der Waals surface area contributed by atoms with Crippen molar-refractivity contribution in [1.82, 2.24) is 25.1 Å². The van der Waals surface area contributed by atoms with E-state index >= 15 is 0 Å². The Labute approximate surface area is 192 Å². The molecule has 0 radical (unpaired) electrons. The van der Waals surface area contributed by atoms with Gasteiger partial charge in [0, 0.05) is 36.1 Å². The zero-order valence-corrected chi connectivity index (χ0v) is 18.3. The van der Waals surface area contributed by atoms with E-state index in [0.29, 0.717) is 6.54 Å². The highest BCUT2D eigenvalue weighted by atomic mass is 16.2. The number of aromatic nitrogens is 4. The van der Waals surface area contributed by atoms with Crippen LogP contribution >= 0.6 is 0 Å². The molecule has 2 aromatic carbocycles. The van der Waals surface area contributed by atoms with E-state index in [1.54, 1.807) is 17.1 Å². The number of hydrogen-bond donors (Lipinski definition) is 1. The molecular weight excluding hydrogens is 410 g/mol. The van der Waals surface area contributed by atoms with Crippen LogP contribution in [0, 0.1) is 6.92 Å². The molecule has 1 N–H and O–H groups in total. The molecular formula is C27H23N5O. The largest absolute Gasteiger partial charge is 0.350 e. The Morgan fingerprint density at radius 2 is 1.70 bits per heavy atom. The predicted molar refractivity (Wildman–Crippen MR) is 129 cm³/mol. The third-order valence-electron chi connectivity index (χ3n) is 5.65. The van der Waals surface area contributed by atoms with E-state index in [-0.39, 0.29) is 12.5 Å². The van der Waals surface area contributed by atoms with Crippen LogP contribution in [0.25, 0.3) is 33.4 Å². The van der Waals surface area contributed by atoms with Crippen LogP contribution in [0.15, 0.2) is 91.4 Å². The minimum absolute atomic E-state index is 0.0977. The average molecular weight is 434 g/mol. The highest BCUT2D eigenvalue weighted by molar-refractivity contribution is 5.97. The summed E-state index contributed by atoms with van der Waals surface area (Å²) in [6, 6.07) is 23.8. The Kier molecular flexibility index (Phi) is 5.64. The number of amides is 1. The van der Waals surface area contributed by atoms with Gasteiger partial charge in [0.2, 0.25) is 5.91 Å². The van der Waals surface area contributed by atoms with Gasteiger partial charge in [-0.25, -0.2) is 0 Å². The Hall–Kier alpha value is -4.32.